The zero-order valence-electron chi connectivity index (χ0n) is 16.8. The molecule has 4 atom stereocenters. The molecule has 6 heteroatoms. The van der Waals surface area contributed by atoms with Crippen molar-refractivity contribution in [2.24, 2.45) is 0 Å². The van der Waals surface area contributed by atoms with Gasteiger partial charge in [-0.2, -0.15) is 0 Å². The molecule has 29 heavy (non-hydrogen) atoms. The molecule has 2 aromatic heterocycles. The molecule has 152 valence electrons. The second-order valence-electron chi connectivity index (χ2n) is 8.41. The first kappa shape index (κ1) is 18.6. The summed E-state index contributed by atoms with van der Waals surface area (Å²) in [5.74, 6) is 0.817. The van der Waals surface area contributed by atoms with Crippen molar-refractivity contribution < 1.29 is 14.9 Å². The lowest BCUT2D eigenvalue weighted by Gasteiger charge is -2.28. The number of aromatic nitrogens is 2. The van der Waals surface area contributed by atoms with Gasteiger partial charge in [0.2, 0.25) is 0 Å². The molecular weight excluding hydrogens is 366 g/mol. The van der Waals surface area contributed by atoms with Crippen LogP contribution < -0.4 is 4.74 Å². The van der Waals surface area contributed by atoms with E-state index in [1.54, 1.807) is 6.20 Å². The molecule has 1 aliphatic heterocycles. The van der Waals surface area contributed by atoms with Crippen LogP contribution >= 0.6 is 0 Å². The number of aliphatic hydroxyl groups is 2. The fraction of sp³-hybridized carbons (Fsp3) is 0.435. The Morgan fingerprint density at radius 3 is 2.86 bits per heavy atom. The van der Waals surface area contributed by atoms with Gasteiger partial charge in [-0.25, -0.2) is 4.98 Å². The number of benzene rings is 1. The van der Waals surface area contributed by atoms with Gasteiger partial charge < -0.3 is 24.4 Å². The molecule has 0 radical (unpaired) electrons. The Hall–Kier alpha value is -2.41. The van der Waals surface area contributed by atoms with E-state index in [2.05, 4.69) is 29.9 Å². The number of aryl methyl sites for hydroxylation is 1. The fourth-order valence-corrected chi connectivity index (χ4v) is 4.78. The zero-order chi connectivity index (χ0) is 20.1. The highest BCUT2D eigenvalue weighted by Gasteiger charge is 2.44. The Kier molecular flexibility index (Phi) is 4.57. The topological polar surface area (TPSA) is 70.8 Å². The summed E-state index contributed by atoms with van der Waals surface area (Å²) in [6, 6.07) is 9.87. The molecule has 0 unspecified atom stereocenters. The van der Waals surface area contributed by atoms with Gasteiger partial charge in [0, 0.05) is 42.9 Å². The van der Waals surface area contributed by atoms with Gasteiger partial charge in [0.1, 0.15) is 29.7 Å². The Labute approximate surface area is 170 Å². The van der Waals surface area contributed by atoms with E-state index in [1.165, 1.54) is 11.1 Å². The maximum atomic E-state index is 10.8. The Morgan fingerprint density at radius 2 is 2.00 bits per heavy atom. The molecular formula is C23H27N3O3. The molecule has 1 aromatic carbocycles. The van der Waals surface area contributed by atoms with E-state index in [9.17, 15) is 10.2 Å². The number of ether oxygens (including phenoxy) is 1. The van der Waals surface area contributed by atoms with Crippen LogP contribution in [0, 0.1) is 6.92 Å². The number of pyridine rings is 1. The van der Waals surface area contributed by atoms with Crippen LogP contribution in [-0.2, 0) is 13.0 Å². The number of rotatable bonds is 3. The van der Waals surface area contributed by atoms with Gasteiger partial charge in [0.15, 0.2) is 0 Å². The predicted octanol–water partition coefficient (Wildman–Crippen LogP) is 2.45. The van der Waals surface area contributed by atoms with Gasteiger partial charge in [0.25, 0.3) is 0 Å². The third-order valence-electron chi connectivity index (χ3n) is 6.49. The molecule has 0 amide bonds. The third kappa shape index (κ3) is 3.12. The van der Waals surface area contributed by atoms with E-state index in [4.69, 9.17) is 4.74 Å². The summed E-state index contributed by atoms with van der Waals surface area (Å²) in [6.45, 7) is 3.93. The smallest absolute Gasteiger partial charge is 0.140 e. The van der Waals surface area contributed by atoms with Crippen molar-refractivity contribution in [1.29, 1.82) is 0 Å². The summed E-state index contributed by atoms with van der Waals surface area (Å²) < 4.78 is 8.28. The number of nitrogens with zero attached hydrogens (tertiary/aromatic N) is 3. The monoisotopic (exact) mass is 393 g/mol. The molecule has 1 fully saturated rings. The van der Waals surface area contributed by atoms with Gasteiger partial charge in [-0.05, 0) is 49.7 Å². The van der Waals surface area contributed by atoms with E-state index in [1.807, 2.05) is 35.0 Å². The molecule has 5 rings (SSSR count). The Balaban J connectivity index is 1.43. The third-order valence-corrected chi connectivity index (χ3v) is 6.49. The summed E-state index contributed by atoms with van der Waals surface area (Å²) in [5.41, 5.74) is 4.48. The van der Waals surface area contributed by atoms with Crippen LogP contribution in [0.25, 0.3) is 11.0 Å². The highest BCUT2D eigenvalue weighted by atomic mass is 16.5. The van der Waals surface area contributed by atoms with E-state index < -0.39 is 18.3 Å². The lowest BCUT2D eigenvalue weighted by Crippen LogP contribution is -2.35. The zero-order valence-corrected chi connectivity index (χ0v) is 16.8. The van der Waals surface area contributed by atoms with Crippen LogP contribution in [0.2, 0.25) is 0 Å². The Morgan fingerprint density at radius 1 is 1.14 bits per heavy atom. The van der Waals surface area contributed by atoms with E-state index in [-0.39, 0.29) is 6.04 Å². The minimum atomic E-state index is -0.945. The largest absolute Gasteiger partial charge is 0.487 e. The number of fused-ring (bicyclic) bond motifs is 2. The van der Waals surface area contributed by atoms with Crippen molar-refractivity contribution >= 4 is 11.0 Å². The molecule has 0 saturated heterocycles. The first-order valence-electron chi connectivity index (χ1n) is 10.3. The highest BCUT2D eigenvalue weighted by molar-refractivity contribution is 5.79. The van der Waals surface area contributed by atoms with Gasteiger partial charge in [0.05, 0.1) is 6.04 Å². The van der Waals surface area contributed by atoms with E-state index >= 15 is 0 Å². The SMILES string of the molecule is Cc1ccnc2c1ccn2[C@@H]1C[C@H](Oc2cccc3c2CN(C)CC3)[C@@H](O)[C@H]1O. The molecule has 3 heterocycles. The first-order valence-corrected chi connectivity index (χ1v) is 10.3. The molecule has 0 spiro atoms. The van der Waals surface area contributed by atoms with Gasteiger partial charge in [-0.15, -0.1) is 0 Å². The van der Waals surface area contributed by atoms with Crippen molar-refractivity contribution in [1.82, 2.24) is 14.5 Å². The minimum Gasteiger partial charge on any atom is -0.487 e. The number of hydrogen-bond acceptors (Lipinski definition) is 5. The number of likely N-dealkylation sites (N-methyl/N-ethyl adjacent to an activating group) is 1. The molecule has 1 saturated carbocycles. The van der Waals surface area contributed by atoms with Gasteiger partial charge in [-0.1, -0.05) is 12.1 Å². The van der Waals surface area contributed by atoms with Crippen LogP contribution in [0.3, 0.4) is 0 Å². The second kappa shape index (κ2) is 7.13. The average molecular weight is 393 g/mol. The summed E-state index contributed by atoms with van der Waals surface area (Å²) >= 11 is 0. The van der Waals surface area contributed by atoms with Gasteiger partial charge >= 0.3 is 0 Å². The van der Waals surface area contributed by atoms with E-state index in [0.29, 0.717) is 6.42 Å². The van der Waals surface area contributed by atoms with Crippen molar-refractivity contribution in [3.63, 3.8) is 0 Å². The fourth-order valence-electron chi connectivity index (χ4n) is 4.78. The van der Waals surface area contributed by atoms with Crippen LogP contribution in [0.1, 0.15) is 29.2 Å². The quantitative estimate of drug-likeness (QED) is 0.715. The molecule has 0 bridgehead atoms. The summed E-state index contributed by atoms with van der Waals surface area (Å²) in [6.07, 6.45) is 2.96. The minimum absolute atomic E-state index is 0.274. The number of hydrogen-bond donors (Lipinski definition) is 2. The normalized spacial score (nSPS) is 27.3. The van der Waals surface area contributed by atoms with Crippen LogP contribution in [-0.4, -0.2) is 56.6 Å². The summed E-state index contributed by atoms with van der Waals surface area (Å²) in [7, 11) is 2.11. The first-order chi connectivity index (χ1) is 14.0. The van der Waals surface area contributed by atoms with Gasteiger partial charge in [-0.3, -0.25) is 0 Å². The summed E-state index contributed by atoms with van der Waals surface area (Å²) in [4.78, 5) is 6.78. The van der Waals surface area contributed by atoms with Crippen molar-refractivity contribution in [3.8, 4) is 5.75 Å². The molecule has 3 aromatic rings. The lowest BCUT2D eigenvalue weighted by molar-refractivity contribution is -0.0167. The molecule has 2 aliphatic rings. The van der Waals surface area contributed by atoms with Crippen molar-refractivity contribution in [2.45, 2.75) is 50.7 Å². The second-order valence-corrected chi connectivity index (χ2v) is 8.41. The number of aliphatic hydroxyl groups excluding tert-OH is 2. The van der Waals surface area contributed by atoms with Crippen LogP contribution in [0.5, 0.6) is 5.75 Å². The standard InChI is InChI=1S/C23H27N3O3/c1-14-6-9-24-23-16(14)8-11-26(23)18-12-20(22(28)21(18)27)29-19-5-3-4-15-7-10-25(2)13-17(15)19/h3-6,8-9,11,18,20-22,27-28H,7,10,12-13H2,1-2H3/t18-,20+,21+,22-/m1/s1. The maximum absolute atomic E-state index is 10.8. The lowest BCUT2D eigenvalue weighted by atomic mass is 9.99. The van der Waals surface area contributed by atoms with Crippen LogP contribution in [0.15, 0.2) is 42.7 Å². The predicted molar refractivity (Wildman–Crippen MR) is 111 cm³/mol. The Bertz CT molecular complexity index is 1050. The molecule has 6 nitrogen and oxygen atoms in total. The van der Waals surface area contributed by atoms with Crippen LogP contribution in [0.4, 0.5) is 0 Å². The van der Waals surface area contributed by atoms with Crippen molar-refractivity contribution in [2.75, 3.05) is 13.6 Å². The van der Waals surface area contributed by atoms with E-state index in [0.717, 1.165) is 41.9 Å². The maximum Gasteiger partial charge on any atom is 0.140 e. The summed E-state index contributed by atoms with van der Waals surface area (Å²) in [5, 5.41) is 22.6. The molecule has 2 N–H and O–H groups in total. The average Bonchev–Trinajstić information content (AvgIpc) is 3.26. The molecule has 1 aliphatic carbocycles. The van der Waals surface area contributed by atoms with Crippen molar-refractivity contribution in [3.05, 3.63) is 59.4 Å². The highest BCUT2D eigenvalue weighted by Crippen LogP contribution is 2.37.